The Morgan fingerprint density at radius 3 is 2.53 bits per heavy atom. The standard InChI is InChI=1S/C28H43NO5/c1-7-17(2)14-18(3)15-20(5)26-19(4)8-9-23(34-26)24-25(31)22(16-29(6)27(24)32)28(33)12-10-21(30)11-13-28/h15-19,23,26,31,33H,7-14H2,1-6H3/b20-15+/t17-,18+,19-,23+,26-/m1/s1. The van der Waals surface area contributed by atoms with E-state index in [4.69, 9.17) is 4.74 Å². The molecule has 0 aromatic carbocycles. The largest absolute Gasteiger partial charge is 0.507 e. The minimum absolute atomic E-state index is 0.117. The first kappa shape index (κ1) is 26.7. The van der Waals surface area contributed by atoms with E-state index < -0.39 is 11.7 Å². The van der Waals surface area contributed by atoms with E-state index >= 15 is 0 Å². The highest BCUT2D eigenvalue weighted by Crippen LogP contribution is 2.44. The molecule has 0 radical (unpaired) electrons. The average Bonchev–Trinajstić information content (AvgIpc) is 2.79. The first-order valence-electron chi connectivity index (χ1n) is 13.0. The molecule has 1 aromatic heterocycles. The van der Waals surface area contributed by atoms with E-state index in [1.54, 1.807) is 7.05 Å². The van der Waals surface area contributed by atoms with Crippen LogP contribution >= 0.6 is 0 Å². The van der Waals surface area contributed by atoms with Gasteiger partial charge < -0.3 is 19.5 Å². The van der Waals surface area contributed by atoms with Gasteiger partial charge in [-0.25, -0.2) is 0 Å². The maximum absolute atomic E-state index is 13.1. The number of aryl methyl sites for hydroxylation is 1. The zero-order valence-corrected chi connectivity index (χ0v) is 21.8. The van der Waals surface area contributed by atoms with Gasteiger partial charge in [-0.1, -0.05) is 40.2 Å². The van der Waals surface area contributed by atoms with Crippen molar-refractivity contribution in [2.45, 2.75) is 104 Å². The Hall–Kier alpha value is -1.92. The van der Waals surface area contributed by atoms with Gasteiger partial charge in [-0.3, -0.25) is 9.59 Å². The van der Waals surface area contributed by atoms with E-state index in [9.17, 15) is 19.8 Å². The minimum Gasteiger partial charge on any atom is -0.507 e. The summed E-state index contributed by atoms with van der Waals surface area (Å²) in [6.45, 7) is 11.0. The Morgan fingerprint density at radius 2 is 1.91 bits per heavy atom. The van der Waals surface area contributed by atoms with E-state index in [1.165, 1.54) is 16.3 Å². The van der Waals surface area contributed by atoms with Crippen molar-refractivity contribution in [1.29, 1.82) is 0 Å². The summed E-state index contributed by atoms with van der Waals surface area (Å²) in [5.74, 6) is 1.36. The molecule has 190 valence electrons. The van der Waals surface area contributed by atoms with Gasteiger partial charge in [-0.2, -0.15) is 0 Å². The number of ether oxygens (including phenoxy) is 1. The van der Waals surface area contributed by atoms with Crippen LogP contribution in [0.15, 0.2) is 22.6 Å². The second-order valence-electron chi connectivity index (χ2n) is 11.0. The van der Waals surface area contributed by atoms with Crippen molar-refractivity contribution in [2.75, 3.05) is 0 Å². The molecule has 6 nitrogen and oxygen atoms in total. The first-order chi connectivity index (χ1) is 16.0. The minimum atomic E-state index is -1.32. The maximum atomic E-state index is 13.1. The molecule has 2 aliphatic rings. The van der Waals surface area contributed by atoms with E-state index in [1.807, 2.05) is 0 Å². The van der Waals surface area contributed by atoms with E-state index in [2.05, 4.69) is 40.7 Å². The second-order valence-corrected chi connectivity index (χ2v) is 11.0. The molecule has 5 atom stereocenters. The Kier molecular flexibility index (Phi) is 8.46. The van der Waals surface area contributed by atoms with Crippen molar-refractivity contribution in [3.05, 3.63) is 39.3 Å². The van der Waals surface area contributed by atoms with Crippen molar-refractivity contribution in [3.8, 4) is 5.75 Å². The molecule has 3 rings (SSSR count). The number of carbonyl (C=O) groups excluding carboxylic acids is 1. The SMILES string of the molecule is CC[C@@H](C)C[C@H](C)/C=C(\C)[C@@H]1O[C@H](c2c(O)c(C3(O)CCC(=O)CC3)cn(C)c2=O)CC[C@H]1C. The van der Waals surface area contributed by atoms with Gasteiger partial charge in [-0.05, 0) is 62.4 Å². The Morgan fingerprint density at radius 1 is 1.26 bits per heavy atom. The number of rotatable bonds is 7. The molecule has 2 N–H and O–H groups in total. The lowest BCUT2D eigenvalue weighted by molar-refractivity contribution is -0.125. The van der Waals surface area contributed by atoms with Crippen molar-refractivity contribution in [3.63, 3.8) is 0 Å². The molecule has 6 heteroatoms. The van der Waals surface area contributed by atoms with Gasteiger partial charge in [0.05, 0.1) is 23.4 Å². The van der Waals surface area contributed by atoms with E-state index in [0.717, 1.165) is 19.3 Å². The fourth-order valence-corrected chi connectivity index (χ4v) is 5.72. The normalized spacial score (nSPS) is 27.4. The van der Waals surface area contributed by atoms with Gasteiger partial charge in [0.2, 0.25) is 0 Å². The number of ketones is 1. The van der Waals surface area contributed by atoms with Gasteiger partial charge in [0.15, 0.2) is 0 Å². The number of aromatic hydroxyl groups is 1. The summed E-state index contributed by atoms with van der Waals surface area (Å²) in [7, 11) is 1.64. The highest BCUT2D eigenvalue weighted by molar-refractivity contribution is 5.79. The van der Waals surface area contributed by atoms with E-state index in [-0.39, 0.29) is 54.4 Å². The maximum Gasteiger partial charge on any atom is 0.259 e. The summed E-state index contributed by atoms with van der Waals surface area (Å²) < 4.78 is 7.93. The number of Topliss-reactive ketones (excluding diaryl/α,β-unsaturated/α-hetero) is 1. The van der Waals surface area contributed by atoms with Crippen LogP contribution in [-0.4, -0.2) is 26.7 Å². The molecule has 34 heavy (non-hydrogen) atoms. The molecule has 2 heterocycles. The molecule has 1 aliphatic carbocycles. The van der Waals surface area contributed by atoms with Crippen LogP contribution in [0.3, 0.4) is 0 Å². The third-order valence-corrected chi connectivity index (χ3v) is 8.02. The summed E-state index contributed by atoms with van der Waals surface area (Å²) in [4.78, 5) is 24.9. The smallest absolute Gasteiger partial charge is 0.259 e. The average molecular weight is 474 g/mol. The van der Waals surface area contributed by atoms with Crippen LogP contribution in [0.1, 0.15) is 103 Å². The van der Waals surface area contributed by atoms with Gasteiger partial charge >= 0.3 is 0 Å². The number of nitrogens with zero attached hydrogens (tertiary/aromatic N) is 1. The zero-order valence-electron chi connectivity index (χ0n) is 21.8. The molecule has 1 saturated carbocycles. The van der Waals surface area contributed by atoms with Crippen molar-refractivity contribution in [1.82, 2.24) is 4.57 Å². The lowest BCUT2D eigenvalue weighted by atomic mass is 9.78. The number of aromatic nitrogens is 1. The molecule has 1 saturated heterocycles. The number of aliphatic hydroxyl groups is 1. The predicted molar refractivity (Wildman–Crippen MR) is 134 cm³/mol. The number of carbonyl (C=O) groups is 1. The van der Waals surface area contributed by atoms with Gasteiger partial charge in [0.25, 0.3) is 5.56 Å². The molecule has 0 bridgehead atoms. The molecule has 0 unspecified atom stereocenters. The van der Waals surface area contributed by atoms with Crippen LogP contribution in [0.2, 0.25) is 0 Å². The summed E-state index contributed by atoms with van der Waals surface area (Å²) in [6.07, 6.45) is 7.99. The quantitative estimate of drug-likeness (QED) is 0.525. The number of hydrogen-bond acceptors (Lipinski definition) is 5. The molecule has 2 fully saturated rings. The summed E-state index contributed by atoms with van der Waals surface area (Å²) in [6, 6.07) is 0. The summed E-state index contributed by atoms with van der Waals surface area (Å²) in [5, 5.41) is 22.5. The van der Waals surface area contributed by atoms with Crippen LogP contribution in [0.25, 0.3) is 0 Å². The van der Waals surface area contributed by atoms with Crippen LogP contribution in [0.4, 0.5) is 0 Å². The zero-order chi connectivity index (χ0) is 25.2. The molecular weight excluding hydrogens is 430 g/mol. The number of pyridine rings is 1. The lowest BCUT2D eigenvalue weighted by Gasteiger charge is -2.37. The highest BCUT2D eigenvalue weighted by Gasteiger charge is 2.40. The number of hydrogen-bond donors (Lipinski definition) is 2. The Bertz CT molecular complexity index is 968. The lowest BCUT2D eigenvalue weighted by Crippen LogP contribution is -2.37. The highest BCUT2D eigenvalue weighted by atomic mass is 16.5. The molecule has 0 spiro atoms. The fraction of sp³-hybridized carbons (Fsp3) is 0.714. The van der Waals surface area contributed by atoms with Crippen LogP contribution < -0.4 is 5.56 Å². The predicted octanol–water partition coefficient (Wildman–Crippen LogP) is 5.30. The molecule has 0 amide bonds. The fourth-order valence-electron chi connectivity index (χ4n) is 5.72. The summed E-state index contributed by atoms with van der Waals surface area (Å²) >= 11 is 0. The Labute approximate surface area is 204 Å². The van der Waals surface area contributed by atoms with Gasteiger partial charge in [-0.15, -0.1) is 0 Å². The molecular formula is C28H43NO5. The van der Waals surface area contributed by atoms with E-state index in [0.29, 0.717) is 29.7 Å². The van der Waals surface area contributed by atoms with Crippen LogP contribution in [-0.2, 0) is 22.2 Å². The van der Waals surface area contributed by atoms with Crippen molar-refractivity contribution < 1.29 is 19.7 Å². The Balaban J connectivity index is 1.91. The molecule has 1 aliphatic heterocycles. The third-order valence-electron chi connectivity index (χ3n) is 8.02. The number of allylic oxidation sites excluding steroid dienone is 1. The van der Waals surface area contributed by atoms with Crippen LogP contribution in [0.5, 0.6) is 5.75 Å². The topological polar surface area (TPSA) is 88.8 Å². The third kappa shape index (κ3) is 5.65. The van der Waals surface area contributed by atoms with Crippen molar-refractivity contribution in [2.24, 2.45) is 24.8 Å². The monoisotopic (exact) mass is 473 g/mol. The van der Waals surface area contributed by atoms with Crippen LogP contribution in [0, 0.1) is 17.8 Å². The van der Waals surface area contributed by atoms with Gasteiger partial charge in [0.1, 0.15) is 11.5 Å². The molecule has 1 aromatic rings. The van der Waals surface area contributed by atoms with Crippen molar-refractivity contribution >= 4 is 5.78 Å². The van der Waals surface area contributed by atoms with Gasteiger partial charge in [0, 0.05) is 31.6 Å². The second kappa shape index (κ2) is 10.8. The summed E-state index contributed by atoms with van der Waals surface area (Å²) in [5.41, 5.74) is 0.0977. The first-order valence-corrected chi connectivity index (χ1v) is 13.0.